The summed E-state index contributed by atoms with van der Waals surface area (Å²) in [6, 6.07) is 6.26. The predicted octanol–water partition coefficient (Wildman–Crippen LogP) is 3.57. The minimum atomic E-state index is -3.86. The first kappa shape index (κ1) is 20.8. The Balaban J connectivity index is 2.22. The Bertz CT molecular complexity index is 1030. The molecule has 9 heteroatoms. The first-order valence-corrected chi connectivity index (χ1v) is 11.0. The summed E-state index contributed by atoms with van der Waals surface area (Å²) in [5.74, 6) is 0.666. The third-order valence-electron chi connectivity index (χ3n) is 4.97. The van der Waals surface area contributed by atoms with Crippen molar-refractivity contribution in [3.63, 3.8) is 0 Å². The molecule has 1 aromatic carbocycles. The normalized spacial score (nSPS) is 19.5. The van der Waals surface area contributed by atoms with Crippen LogP contribution < -0.4 is 5.32 Å². The summed E-state index contributed by atoms with van der Waals surface area (Å²) in [5, 5.41) is 7.92. The van der Waals surface area contributed by atoms with Gasteiger partial charge < -0.3 is 10.2 Å². The van der Waals surface area contributed by atoms with Crippen molar-refractivity contribution < 1.29 is 8.42 Å². The molecular formula is C19H26ClN5O2S. The fourth-order valence-electron chi connectivity index (χ4n) is 3.54. The Kier molecular flexibility index (Phi) is 5.58. The summed E-state index contributed by atoms with van der Waals surface area (Å²) < 4.78 is 28.7. The number of sulfone groups is 1. The molecule has 1 unspecified atom stereocenters. The molecule has 2 heterocycles. The monoisotopic (exact) mass is 423 g/mol. The maximum Gasteiger partial charge on any atom is 0.214 e. The highest BCUT2D eigenvalue weighted by atomic mass is 35.5. The van der Waals surface area contributed by atoms with E-state index in [1.165, 1.54) is 12.1 Å². The fraction of sp³-hybridized carbons (Fsp3) is 0.474. The van der Waals surface area contributed by atoms with Crippen molar-refractivity contribution in [2.75, 3.05) is 33.0 Å². The lowest BCUT2D eigenvalue weighted by Gasteiger charge is -2.35. The lowest BCUT2D eigenvalue weighted by atomic mass is 9.90. The summed E-state index contributed by atoms with van der Waals surface area (Å²) in [5.41, 5.74) is 0.526. The smallest absolute Gasteiger partial charge is 0.214 e. The fourth-order valence-corrected chi connectivity index (χ4v) is 5.34. The zero-order valence-electron chi connectivity index (χ0n) is 16.8. The highest BCUT2D eigenvalue weighted by Gasteiger charge is 2.40. The first-order chi connectivity index (χ1) is 13.1. The average Bonchev–Trinajstić information content (AvgIpc) is 3.00. The minimum Gasteiger partial charge on any atom is -0.371 e. The van der Waals surface area contributed by atoms with E-state index in [1.807, 2.05) is 21.0 Å². The van der Waals surface area contributed by atoms with Crippen LogP contribution in [0.2, 0.25) is 5.02 Å². The van der Waals surface area contributed by atoms with Gasteiger partial charge in [0.2, 0.25) is 9.84 Å². The van der Waals surface area contributed by atoms with E-state index < -0.39 is 9.84 Å². The van der Waals surface area contributed by atoms with Crippen molar-refractivity contribution in [3.05, 3.63) is 29.3 Å². The molecule has 152 valence electrons. The zero-order chi connectivity index (χ0) is 20.7. The highest BCUT2D eigenvalue weighted by molar-refractivity contribution is 7.91. The van der Waals surface area contributed by atoms with Crippen molar-refractivity contribution in [2.45, 2.75) is 42.0 Å². The molecule has 0 fully saturated rings. The molecule has 0 amide bonds. The second-order valence-electron chi connectivity index (χ2n) is 7.70. The molecule has 1 N–H and O–H groups in total. The van der Waals surface area contributed by atoms with Crippen LogP contribution in [-0.4, -0.2) is 56.5 Å². The zero-order valence-corrected chi connectivity index (χ0v) is 18.4. The van der Waals surface area contributed by atoms with Gasteiger partial charge in [-0.2, -0.15) is 5.10 Å². The number of hydrogen-bond acceptors (Lipinski definition) is 6. The Morgan fingerprint density at radius 1 is 1.36 bits per heavy atom. The molecule has 3 rings (SSSR count). The van der Waals surface area contributed by atoms with Crippen molar-refractivity contribution in [2.24, 2.45) is 4.99 Å². The first-order valence-electron chi connectivity index (χ1n) is 9.09. The quantitative estimate of drug-likeness (QED) is 0.768. The van der Waals surface area contributed by atoms with E-state index in [9.17, 15) is 8.42 Å². The van der Waals surface area contributed by atoms with E-state index in [0.717, 1.165) is 25.1 Å². The van der Waals surface area contributed by atoms with Crippen molar-refractivity contribution >= 4 is 38.8 Å². The van der Waals surface area contributed by atoms with Crippen LogP contribution in [0.5, 0.6) is 0 Å². The molecule has 0 radical (unpaired) electrons. The summed E-state index contributed by atoms with van der Waals surface area (Å²) >= 11 is 6.04. The van der Waals surface area contributed by atoms with Gasteiger partial charge in [0, 0.05) is 24.2 Å². The van der Waals surface area contributed by atoms with Crippen molar-refractivity contribution in [1.29, 1.82) is 0 Å². The van der Waals surface area contributed by atoms with Crippen LogP contribution in [0.25, 0.3) is 0 Å². The van der Waals surface area contributed by atoms with E-state index in [0.29, 0.717) is 16.7 Å². The number of nitrogens with zero attached hydrogens (tertiary/aromatic N) is 4. The van der Waals surface area contributed by atoms with Crippen molar-refractivity contribution in [3.8, 4) is 0 Å². The lowest BCUT2D eigenvalue weighted by Crippen LogP contribution is -2.38. The summed E-state index contributed by atoms with van der Waals surface area (Å²) in [6.07, 6.45) is 1.54. The van der Waals surface area contributed by atoms with Crippen LogP contribution in [0.15, 0.2) is 39.0 Å². The van der Waals surface area contributed by atoms with Gasteiger partial charge >= 0.3 is 0 Å². The summed E-state index contributed by atoms with van der Waals surface area (Å²) in [6.45, 7) is 4.88. The summed E-state index contributed by atoms with van der Waals surface area (Å²) in [7, 11) is 1.85. The molecule has 0 aliphatic carbocycles. The molecule has 2 aromatic rings. The third kappa shape index (κ3) is 3.68. The number of fused-ring (bicyclic) bond motifs is 1. The van der Waals surface area contributed by atoms with Gasteiger partial charge in [-0.1, -0.05) is 17.7 Å². The van der Waals surface area contributed by atoms with E-state index in [2.05, 4.69) is 27.2 Å². The number of aliphatic imine (C=N–C) groups is 1. The summed E-state index contributed by atoms with van der Waals surface area (Å²) in [4.78, 5) is 6.93. The van der Waals surface area contributed by atoms with Gasteiger partial charge in [-0.05, 0) is 59.1 Å². The largest absolute Gasteiger partial charge is 0.371 e. The molecule has 1 aromatic heterocycles. The molecule has 0 spiro atoms. The number of anilines is 1. The highest BCUT2D eigenvalue weighted by Crippen LogP contribution is 2.43. The number of rotatable bonds is 6. The maximum atomic E-state index is 13.5. The van der Waals surface area contributed by atoms with Crippen LogP contribution in [0.1, 0.15) is 26.7 Å². The van der Waals surface area contributed by atoms with E-state index in [-0.39, 0.29) is 15.3 Å². The maximum absolute atomic E-state index is 13.5. The van der Waals surface area contributed by atoms with Gasteiger partial charge in [0.1, 0.15) is 0 Å². The minimum absolute atomic E-state index is 0.0902. The number of hydrogen-bond donors (Lipinski definition) is 1. The molecular weight excluding hydrogens is 398 g/mol. The van der Waals surface area contributed by atoms with Crippen LogP contribution in [-0.2, 0) is 15.4 Å². The average molecular weight is 424 g/mol. The standard InChI is InChI=1S/C19H26ClN5O2S/c1-13-12-19(2,9-10-24(4)5)25-18(22-13)16(17(21-3)23-25)28(26,27)15-8-6-7-14(20)11-15/h6-8,11H,9-10,12H2,1-5H3,(H,21,23). The van der Waals surface area contributed by atoms with Crippen LogP contribution in [0.3, 0.4) is 0 Å². The number of aromatic nitrogens is 2. The Morgan fingerprint density at radius 2 is 2.07 bits per heavy atom. The second-order valence-corrected chi connectivity index (χ2v) is 10.0. The SMILES string of the molecule is CNc1nn2c(c1S(=O)(=O)c1cccc(Cl)c1)N=C(C)CC2(C)CCN(C)C. The molecule has 0 saturated carbocycles. The van der Waals surface area contributed by atoms with Gasteiger partial charge in [0.05, 0.1) is 10.4 Å². The van der Waals surface area contributed by atoms with Gasteiger partial charge in [0.15, 0.2) is 16.5 Å². The van der Waals surface area contributed by atoms with Crippen LogP contribution >= 0.6 is 11.6 Å². The van der Waals surface area contributed by atoms with E-state index in [4.69, 9.17) is 11.6 Å². The van der Waals surface area contributed by atoms with E-state index in [1.54, 1.807) is 23.9 Å². The van der Waals surface area contributed by atoms with Crippen LogP contribution in [0, 0.1) is 0 Å². The predicted molar refractivity (Wildman–Crippen MR) is 113 cm³/mol. The van der Waals surface area contributed by atoms with Gasteiger partial charge in [-0.3, -0.25) is 0 Å². The Hall–Kier alpha value is -1.90. The number of nitrogens with one attached hydrogen (secondary N) is 1. The second kappa shape index (κ2) is 7.50. The molecule has 28 heavy (non-hydrogen) atoms. The van der Waals surface area contributed by atoms with E-state index >= 15 is 0 Å². The Morgan fingerprint density at radius 3 is 2.68 bits per heavy atom. The number of benzene rings is 1. The Labute approximate surface area is 171 Å². The lowest BCUT2D eigenvalue weighted by molar-refractivity contribution is 0.236. The molecule has 0 bridgehead atoms. The molecule has 1 atom stereocenters. The van der Waals surface area contributed by atoms with Gasteiger partial charge in [-0.25, -0.2) is 18.1 Å². The molecule has 1 aliphatic rings. The van der Waals surface area contributed by atoms with Crippen molar-refractivity contribution in [1.82, 2.24) is 14.7 Å². The molecule has 7 nitrogen and oxygen atoms in total. The molecule has 0 saturated heterocycles. The third-order valence-corrected chi connectivity index (χ3v) is 7.00. The molecule has 1 aliphatic heterocycles. The van der Waals surface area contributed by atoms with Gasteiger partial charge in [-0.15, -0.1) is 0 Å². The van der Waals surface area contributed by atoms with Gasteiger partial charge in [0.25, 0.3) is 0 Å². The van der Waals surface area contributed by atoms with Crippen LogP contribution in [0.4, 0.5) is 11.6 Å². The topological polar surface area (TPSA) is 79.6 Å². The number of halogens is 1.